The molecular weight excluding hydrogens is 365 g/mol. The first-order valence-electron chi connectivity index (χ1n) is 9.04. The van der Waals surface area contributed by atoms with E-state index in [0.29, 0.717) is 29.1 Å². The minimum Gasteiger partial charge on any atom is -0.394 e. The summed E-state index contributed by atoms with van der Waals surface area (Å²) in [7, 11) is 1.73. The van der Waals surface area contributed by atoms with Gasteiger partial charge in [0.2, 0.25) is 0 Å². The second-order valence-electron chi connectivity index (χ2n) is 7.22. The number of aromatic nitrogens is 3. The summed E-state index contributed by atoms with van der Waals surface area (Å²) < 4.78 is 16.0. The minimum absolute atomic E-state index is 0.0776. The maximum atomic E-state index is 14.3. The van der Waals surface area contributed by atoms with Crippen LogP contribution in [0.25, 0.3) is 22.6 Å². The van der Waals surface area contributed by atoms with Gasteiger partial charge < -0.3 is 14.6 Å². The third-order valence-electron chi connectivity index (χ3n) is 5.29. The van der Waals surface area contributed by atoms with Crippen molar-refractivity contribution < 1.29 is 14.4 Å². The Kier molecular flexibility index (Phi) is 4.46. The number of aliphatic hydroxyl groups excluding tert-OH is 1. The molecule has 1 aromatic carbocycles. The van der Waals surface area contributed by atoms with Crippen LogP contribution in [-0.4, -0.2) is 43.8 Å². The van der Waals surface area contributed by atoms with E-state index in [1.54, 1.807) is 17.7 Å². The number of aryl methyl sites for hydroxylation is 1. The van der Waals surface area contributed by atoms with Crippen LogP contribution in [0.3, 0.4) is 0 Å². The van der Waals surface area contributed by atoms with Gasteiger partial charge in [0.1, 0.15) is 16.9 Å². The second-order valence-corrected chi connectivity index (χ2v) is 7.22. The number of rotatable bonds is 4. The highest BCUT2D eigenvalue weighted by atomic mass is 19.1. The molecule has 9 heteroatoms. The van der Waals surface area contributed by atoms with Crippen LogP contribution < -0.4 is 4.90 Å². The molecule has 0 amide bonds. The van der Waals surface area contributed by atoms with Crippen molar-refractivity contribution in [1.82, 2.24) is 14.5 Å². The summed E-state index contributed by atoms with van der Waals surface area (Å²) in [5.74, 6) is 0.0612. The van der Waals surface area contributed by atoms with Gasteiger partial charge in [-0.25, -0.2) is 14.4 Å². The largest absolute Gasteiger partial charge is 0.394 e. The number of benzene rings is 1. The van der Waals surface area contributed by atoms with Crippen molar-refractivity contribution in [2.24, 2.45) is 13.0 Å². The van der Waals surface area contributed by atoms with Gasteiger partial charge >= 0.3 is 0 Å². The van der Waals surface area contributed by atoms with Crippen molar-refractivity contribution in [3.05, 3.63) is 46.4 Å². The molecule has 0 bridgehead atoms. The Balaban J connectivity index is 1.99. The van der Waals surface area contributed by atoms with Gasteiger partial charge in [-0.1, -0.05) is 6.92 Å². The second kappa shape index (κ2) is 6.83. The third kappa shape index (κ3) is 2.78. The summed E-state index contributed by atoms with van der Waals surface area (Å²) >= 11 is 0. The number of halogens is 1. The van der Waals surface area contributed by atoms with Crippen LogP contribution in [0, 0.1) is 21.8 Å². The van der Waals surface area contributed by atoms with Crippen molar-refractivity contribution in [3.8, 4) is 11.5 Å². The monoisotopic (exact) mass is 385 g/mol. The first kappa shape index (κ1) is 18.3. The van der Waals surface area contributed by atoms with E-state index in [2.05, 4.69) is 9.97 Å². The van der Waals surface area contributed by atoms with E-state index in [1.165, 1.54) is 24.4 Å². The van der Waals surface area contributed by atoms with E-state index >= 15 is 0 Å². The lowest BCUT2D eigenvalue weighted by molar-refractivity contribution is -0.384. The first-order chi connectivity index (χ1) is 13.4. The molecule has 1 fully saturated rings. The highest BCUT2D eigenvalue weighted by Crippen LogP contribution is 2.41. The van der Waals surface area contributed by atoms with Crippen LogP contribution in [0.1, 0.15) is 13.3 Å². The average molecular weight is 385 g/mol. The van der Waals surface area contributed by atoms with E-state index in [1.807, 2.05) is 11.8 Å². The van der Waals surface area contributed by atoms with Crippen molar-refractivity contribution >= 4 is 22.4 Å². The smallest absolute Gasteiger partial charge is 0.294 e. The fourth-order valence-corrected chi connectivity index (χ4v) is 4.02. The van der Waals surface area contributed by atoms with Crippen LogP contribution in [0.5, 0.6) is 0 Å². The summed E-state index contributed by atoms with van der Waals surface area (Å²) in [6, 6.07) is 5.62. The third-order valence-corrected chi connectivity index (χ3v) is 5.29. The van der Waals surface area contributed by atoms with Crippen molar-refractivity contribution in [2.45, 2.75) is 19.4 Å². The van der Waals surface area contributed by atoms with E-state index in [-0.39, 0.29) is 29.9 Å². The number of fused-ring (bicyclic) bond motifs is 1. The Morgan fingerprint density at radius 2 is 2.18 bits per heavy atom. The molecule has 8 nitrogen and oxygen atoms in total. The molecule has 0 radical (unpaired) electrons. The molecule has 1 aliphatic heterocycles. The highest BCUT2D eigenvalue weighted by molar-refractivity contribution is 5.96. The van der Waals surface area contributed by atoms with E-state index in [0.717, 1.165) is 6.42 Å². The number of anilines is 1. The number of pyridine rings is 1. The summed E-state index contributed by atoms with van der Waals surface area (Å²) in [6.45, 7) is 2.52. The molecule has 1 saturated heterocycles. The van der Waals surface area contributed by atoms with E-state index < -0.39 is 10.7 Å². The van der Waals surface area contributed by atoms with Crippen LogP contribution in [0.15, 0.2) is 30.5 Å². The molecule has 28 heavy (non-hydrogen) atoms. The van der Waals surface area contributed by atoms with Crippen LogP contribution in [0.2, 0.25) is 0 Å². The lowest BCUT2D eigenvalue weighted by Gasteiger charge is -2.25. The Bertz CT molecular complexity index is 1070. The molecule has 3 heterocycles. The molecular formula is C19H20FN5O3. The Morgan fingerprint density at radius 1 is 1.39 bits per heavy atom. The highest BCUT2D eigenvalue weighted by Gasteiger charge is 2.36. The van der Waals surface area contributed by atoms with Gasteiger partial charge in [-0.05, 0) is 30.5 Å². The summed E-state index contributed by atoms with van der Waals surface area (Å²) in [5, 5.41) is 21.5. The molecule has 2 atom stereocenters. The number of aliphatic hydroxyl groups is 1. The molecule has 4 rings (SSSR count). The summed E-state index contributed by atoms with van der Waals surface area (Å²) in [6.07, 6.45) is 2.21. The van der Waals surface area contributed by atoms with Crippen LogP contribution in [0.4, 0.5) is 15.8 Å². The number of hydrogen-bond acceptors (Lipinski definition) is 6. The molecule has 2 aromatic heterocycles. The van der Waals surface area contributed by atoms with Crippen LogP contribution >= 0.6 is 0 Å². The summed E-state index contributed by atoms with van der Waals surface area (Å²) in [4.78, 5) is 21.8. The predicted molar refractivity (Wildman–Crippen MR) is 103 cm³/mol. The standard InChI is InChI=1S/C19H20FN5O3/c1-11-8-12(10-26)24(9-11)18-15(25(27)28)6-5-14-17(18)22-19(23(14)2)16-13(20)4-3-7-21-16/h3-7,11-12,26H,8-10H2,1-2H3/t11-,12+/m1/s1. The number of imidazole rings is 1. The minimum atomic E-state index is -0.514. The van der Waals surface area contributed by atoms with Gasteiger partial charge in [-0.2, -0.15) is 0 Å². The maximum absolute atomic E-state index is 14.3. The number of nitrogens with zero attached hydrogens (tertiary/aromatic N) is 5. The van der Waals surface area contributed by atoms with Gasteiger partial charge in [0.15, 0.2) is 11.6 Å². The Morgan fingerprint density at radius 3 is 2.86 bits per heavy atom. The van der Waals surface area contributed by atoms with E-state index in [4.69, 9.17) is 0 Å². The molecule has 3 aromatic rings. The molecule has 0 saturated carbocycles. The summed E-state index contributed by atoms with van der Waals surface area (Å²) in [5.41, 5.74) is 1.42. The van der Waals surface area contributed by atoms with Gasteiger partial charge in [0.05, 0.1) is 23.1 Å². The lowest BCUT2D eigenvalue weighted by Crippen LogP contribution is -2.32. The zero-order chi connectivity index (χ0) is 20.0. The Labute approximate surface area is 160 Å². The van der Waals surface area contributed by atoms with E-state index in [9.17, 15) is 19.6 Å². The number of nitro groups is 1. The Hall–Kier alpha value is -3.07. The van der Waals surface area contributed by atoms with Crippen LogP contribution in [-0.2, 0) is 7.05 Å². The predicted octanol–water partition coefficient (Wildman–Crippen LogP) is 2.89. The fraction of sp³-hybridized carbons (Fsp3) is 0.368. The molecule has 1 N–H and O–H groups in total. The van der Waals surface area contributed by atoms with Crippen molar-refractivity contribution in [2.75, 3.05) is 18.1 Å². The normalized spacial score (nSPS) is 19.5. The fourth-order valence-electron chi connectivity index (χ4n) is 4.02. The molecule has 1 aliphatic rings. The average Bonchev–Trinajstić information content (AvgIpc) is 3.21. The lowest BCUT2D eigenvalue weighted by atomic mass is 10.1. The molecule has 0 unspecified atom stereocenters. The topological polar surface area (TPSA) is 97.3 Å². The first-order valence-corrected chi connectivity index (χ1v) is 9.04. The van der Waals surface area contributed by atoms with Crippen molar-refractivity contribution in [1.29, 1.82) is 0 Å². The van der Waals surface area contributed by atoms with Gasteiger partial charge in [0, 0.05) is 25.9 Å². The number of nitro benzene ring substituents is 1. The van der Waals surface area contributed by atoms with Gasteiger partial charge in [-0.3, -0.25) is 10.1 Å². The molecule has 0 aliphatic carbocycles. The SMILES string of the molecule is C[C@@H]1C[C@@H](CO)N(c2c([N+](=O)[O-])ccc3c2nc(-c2ncccc2F)n3C)C1. The zero-order valence-electron chi connectivity index (χ0n) is 15.5. The number of hydrogen-bond donors (Lipinski definition) is 1. The molecule has 146 valence electrons. The van der Waals surface area contributed by atoms with Gasteiger partial charge in [-0.15, -0.1) is 0 Å². The van der Waals surface area contributed by atoms with Gasteiger partial charge in [0.25, 0.3) is 5.69 Å². The maximum Gasteiger partial charge on any atom is 0.294 e. The quantitative estimate of drug-likeness (QED) is 0.548. The molecule has 0 spiro atoms. The van der Waals surface area contributed by atoms with Crippen molar-refractivity contribution in [3.63, 3.8) is 0 Å². The zero-order valence-corrected chi connectivity index (χ0v) is 15.5.